The van der Waals surface area contributed by atoms with E-state index in [2.05, 4.69) is 0 Å². The van der Waals surface area contributed by atoms with E-state index in [1.165, 1.54) is 12.1 Å². The maximum absolute atomic E-state index is 12.3. The van der Waals surface area contributed by atoms with E-state index in [1.54, 1.807) is 6.07 Å². The summed E-state index contributed by atoms with van der Waals surface area (Å²) in [6.45, 7) is 1.93. The van der Waals surface area contributed by atoms with Gasteiger partial charge in [-0.3, -0.25) is 10.1 Å². The van der Waals surface area contributed by atoms with Crippen LogP contribution in [0.5, 0.6) is 0 Å². The standard InChI is InChI=1S/C13H9NO3S/c1-8-2-4-10-11-5-3-9(14(15)16)7-13(11)18(17)12(10)6-8/h2-7H,1H3. The number of nitrogens with zero attached hydrogens (tertiary/aromatic N) is 1. The predicted molar refractivity (Wildman–Crippen MR) is 67.9 cm³/mol. The van der Waals surface area contributed by atoms with E-state index in [9.17, 15) is 14.3 Å². The summed E-state index contributed by atoms with van der Waals surface area (Å²) in [5.74, 6) is 0. The summed E-state index contributed by atoms with van der Waals surface area (Å²) < 4.78 is 12.3. The maximum atomic E-state index is 12.3. The Hall–Kier alpha value is -2.01. The Morgan fingerprint density at radius 2 is 1.67 bits per heavy atom. The van der Waals surface area contributed by atoms with Gasteiger partial charge in [-0.1, -0.05) is 12.1 Å². The Labute approximate surface area is 106 Å². The molecule has 0 bridgehead atoms. The Bertz CT molecular complexity index is 709. The lowest BCUT2D eigenvalue weighted by Crippen LogP contribution is -1.91. The zero-order valence-electron chi connectivity index (χ0n) is 9.54. The first-order chi connectivity index (χ1) is 8.58. The first kappa shape index (κ1) is 11.1. The largest absolute Gasteiger partial charge is 0.270 e. The smallest absolute Gasteiger partial charge is 0.258 e. The summed E-state index contributed by atoms with van der Waals surface area (Å²) in [5, 5.41) is 10.7. The molecule has 0 amide bonds. The van der Waals surface area contributed by atoms with E-state index >= 15 is 0 Å². The van der Waals surface area contributed by atoms with Gasteiger partial charge in [-0.05, 0) is 35.7 Å². The van der Waals surface area contributed by atoms with Crippen molar-refractivity contribution < 1.29 is 9.13 Å². The van der Waals surface area contributed by atoms with Crippen LogP contribution in [0.3, 0.4) is 0 Å². The zero-order valence-corrected chi connectivity index (χ0v) is 10.4. The summed E-state index contributed by atoms with van der Waals surface area (Å²) in [6.07, 6.45) is 0. The topological polar surface area (TPSA) is 60.2 Å². The lowest BCUT2D eigenvalue weighted by atomic mass is 10.0. The summed E-state index contributed by atoms with van der Waals surface area (Å²) in [6, 6.07) is 10.3. The number of nitro groups is 1. The van der Waals surface area contributed by atoms with Gasteiger partial charge in [0.2, 0.25) is 0 Å². The predicted octanol–water partition coefficient (Wildman–Crippen LogP) is 3.05. The minimum atomic E-state index is -1.31. The highest BCUT2D eigenvalue weighted by Crippen LogP contribution is 2.42. The number of aryl methyl sites for hydroxylation is 1. The normalized spacial score (nSPS) is 16.2. The molecule has 0 aromatic heterocycles. The summed E-state index contributed by atoms with van der Waals surface area (Å²) in [5.41, 5.74) is 2.74. The van der Waals surface area contributed by atoms with Crippen molar-refractivity contribution in [1.29, 1.82) is 0 Å². The molecule has 0 fully saturated rings. The number of fused-ring (bicyclic) bond motifs is 3. The van der Waals surface area contributed by atoms with Crippen molar-refractivity contribution in [2.45, 2.75) is 16.7 Å². The molecular weight excluding hydrogens is 250 g/mol. The first-order valence-electron chi connectivity index (χ1n) is 5.39. The molecule has 4 nitrogen and oxygen atoms in total. The summed E-state index contributed by atoms with van der Waals surface area (Å²) in [7, 11) is -1.31. The summed E-state index contributed by atoms with van der Waals surface area (Å²) in [4.78, 5) is 11.5. The molecule has 90 valence electrons. The van der Waals surface area contributed by atoms with Crippen molar-refractivity contribution in [2.24, 2.45) is 0 Å². The van der Waals surface area contributed by atoms with E-state index in [1.807, 2.05) is 25.1 Å². The van der Waals surface area contributed by atoms with Crippen LogP contribution in [0.1, 0.15) is 5.56 Å². The van der Waals surface area contributed by atoms with Crippen molar-refractivity contribution in [2.75, 3.05) is 0 Å². The Morgan fingerprint density at radius 3 is 2.33 bits per heavy atom. The van der Waals surface area contributed by atoms with Crippen LogP contribution in [0.2, 0.25) is 0 Å². The lowest BCUT2D eigenvalue weighted by molar-refractivity contribution is -0.385. The average Bonchev–Trinajstić information content (AvgIpc) is 2.62. The molecule has 18 heavy (non-hydrogen) atoms. The highest BCUT2D eigenvalue weighted by molar-refractivity contribution is 7.85. The molecule has 1 aliphatic rings. The molecule has 0 aliphatic carbocycles. The van der Waals surface area contributed by atoms with Gasteiger partial charge < -0.3 is 0 Å². The number of benzene rings is 2. The number of non-ortho nitro benzene ring substituents is 1. The van der Waals surface area contributed by atoms with Crippen LogP contribution < -0.4 is 0 Å². The maximum Gasteiger partial charge on any atom is 0.270 e. The van der Waals surface area contributed by atoms with Crippen molar-refractivity contribution >= 4 is 16.5 Å². The van der Waals surface area contributed by atoms with Gasteiger partial charge in [-0.2, -0.15) is 0 Å². The molecule has 5 heteroatoms. The van der Waals surface area contributed by atoms with Gasteiger partial charge in [0.05, 0.1) is 25.5 Å². The van der Waals surface area contributed by atoms with Crippen molar-refractivity contribution in [3.63, 3.8) is 0 Å². The molecule has 2 aromatic rings. The summed E-state index contributed by atoms with van der Waals surface area (Å²) >= 11 is 0. The van der Waals surface area contributed by atoms with Crippen molar-refractivity contribution in [3.8, 4) is 11.1 Å². The van der Waals surface area contributed by atoms with Gasteiger partial charge in [0.15, 0.2) is 0 Å². The van der Waals surface area contributed by atoms with Crippen LogP contribution in [-0.4, -0.2) is 9.13 Å². The van der Waals surface area contributed by atoms with Crippen LogP contribution in [0, 0.1) is 17.0 Å². The Balaban J connectivity index is 2.26. The fraction of sp³-hybridized carbons (Fsp3) is 0.0769. The monoisotopic (exact) mass is 259 g/mol. The van der Waals surface area contributed by atoms with Gasteiger partial charge in [-0.15, -0.1) is 0 Å². The Kier molecular flexibility index (Phi) is 2.31. The van der Waals surface area contributed by atoms with Crippen molar-refractivity contribution in [3.05, 3.63) is 52.1 Å². The van der Waals surface area contributed by atoms with Gasteiger partial charge in [0, 0.05) is 12.1 Å². The molecule has 0 radical (unpaired) electrons. The average molecular weight is 259 g/mol. The third kappa shape index (κ3) is 1.48. The molecule has 1 heterocycles. The first-order valence-corrected chi connectivity index (χ1v) is 6.54. The second kappa shape index (κ2) is 3.74. The van der Waals surface area contributed by atoms with Crippen LogP contribution in [0.25, 0.3) is 11.1 Å². The van der Waals surface area contributed by atoms with Gasteiger partial charge >= 0.3 is 0 Å². The molecule has 1 aliphatic heterocycles. The van der Waals surface area contributed by atoms with Crippen LogP contribution in [0.15, 0.2) is 46.2 Å². The van der Waals surface area contributed by atoms with Crippen LogP contribution >= 0.6 is 0 Å². The molecule has 0 N–H and O–H groups in total. The Morgan fingerprint density at radius 1 is 1.06 bits per heavy atom. The molecule has 1 atom stereocenters. The van der Waals surface area contributed by atoms with E-state index in [4.69, 9.17) is 0 Å². The van der Waals surface area contributed by atoms with E-state index in [0.717, 1.165) is 21.6 Å². The molecule has 1 unspecified atom stereocenters. The minimum Gasteiger partial charge on any atom is -0.258 e. The minimum absolute atomic E-state index is 0.0216. The highest BCUT2D eigenvalue weighted by atomic mass is 32.2. The van der Waals surface area contributed by atoms with Crippen molar-refractivity contribution in [1.82, 2.24) is 0 Å². The molecular formula is C13H9NO3S. The lowest BCUT2D eigenvalue weighted by Gasteiger charge is -1.99. The molecule has 3 rings (SSSR count). The quantitative estimate of drug-likeness (QED) is 0.498. The SMILES string of the molecule is Cc1ccc2c(c1)S(=O)c1cc([N+](=O)[O-])ccc1-2. The van der Waals surface area contributed by atoms with E-state index in [0.29, 0.717) is 4.90 Å². The fourth-order valence-corrected chi connectivity index (χ4v) is 3.64. The van der Waals surface area contributed by atoms with Gasteiger partial charge in [0.1, 0.15) is 0 Å². The number of hydrogen-bond acceptors (Lipinski definition) is 3. The molecule has 2 aromatic carbocycles. The molecule has 0 spiro atoms. The number of rotatable bonds is 1. The third-order valence-corrected chi connectivity index (χ3v) is 4.48. The van der Waals surface area contributed by atoms with E-state index < -0.39 is 15.7 Å². The number of nitro benzene ring substituents is 1. The van der Waals surface area contributed by atoms with Crippen LogP contribution in [0.4, 0.5) is 5.69 Å². The zero-order chi connectivity index (χ0) is 12.9. The molecule has 0 saturated carbocycles. The fourth-order valence-electron chi connectivity index (χ4n) is 2.12. The van der Waals surface area contributed by atoms with Gasteiger partial charge in [-0.25, -0.2) is 4.21 Å². The highest BCUT2D eigenvalue weighted by Gasteiger charge is 2.27. The number of hydrogen-bond donors (Lipinski definition) is 0. The second-order valence-corrected chi connectivity index (χ2v) is 5.62. The second-order valence-electron chi connectivity index (χ2n) is 4.21. The van der Waals surface area contributed by atoms with Gasteiger partial charge in [0.25, 0.3) is 5.69 Å². The third-order valence-electron chi connectivity index (χ3n) is 3.00. The van der Waals surface area contributed by atoms with Crippen LogP contribution in [-0.2, 0) is 10.8 Å². The van der Waals surface area contributed by atoms with E-state index in [-0.39, 0.29) is 5.69 Å². The molecule has 0 saturated heterocycles.